The van der Waals surface area contributed by atoms with E-state index in [0.29, 0.717) is 0 Å². The smallest absolute Gasteiger partial charge is 0.310 e. The highest BCUT2D eigenvalue weighted by Crippen LogP contribution is 2.07. The van der Waals surface area contributed by atoms with Gasteiger partial charge in [-0.3, -0.25) is 9.59 Å². The molecule has 0 aliphatic rings. The molecule has 5 heteroatoms. The fourth-order valence-corrected chi connectivity index (χ4v) is 2.84. The van der Waals surface area contributed by atoms with Crippen LogP contribution in [0.3, 0.4) is 0 Å². The van der Waals surface area contributed by atoms with Crippen molar-refractivity contribution in [3.05, 3.63) is 58.3 Å². The molecule has 0 fully saturated rings. The van der Waals surface area contributed by atoms with E-state index in [2.05, 4.69) is 17.4 Å². The predicted molar refractivity (Wildman–Crippen MR) is 91.3 cm³/mol. The Kier molecular flexibility index (Phi) is 6.81. The summed E-state index contributed by atoms with van der Waals surface area (Å²) >= 11 is 1.53. The van der Waals surface area contributed by atoms with Gasteiger partial charge in [0.2, 0.25) is 0 Å². The number of aryl methyl sites for hydroxylation is 1. The molecule has 0 spiro atoms. The third-order valence-electron chi connectivity index (χ3n) is 3.41. The third-order valence-corrected chi connectivity index (χ3v) is 4.14. The molecule has 0 saturated carbocycles. The van der Waals surface area contributed by atoms with Crippen molar-refractivity contribution in [3.63, 3.8) is 0 Å². The summed E-state index contributed by atoms with van der Waals surface area (Å²) in [5, 5.41) is 6.65. The molecule has 1 atom stereocenters. The molecule has 122 valence electrons. The van der Waals surface area contributed by atoms with Crippen LogP contribution in [-0.2, 0) is 27.2 Å². The number of nitrogens with one attached hydrogen (secondary N) is 1. The van der Waals surface area contributed by atoms with E-state index in [0.717, 1.165) is 18.4 Å². The highest BCUT2D eigenvalue weighted by atomic mass is 32.1. The van der Waals surface area contributed by atoms with Crippen LogP contribution in [0.5, 0.6) is 0 Å². The van der Waals surface area contributed by atoms with Gasteiger partial charge in [-0.25, -0.2) is 0 Å². The van der Waals surface area contributed by atoms with E-state index in [4.69, 9.17) is 4.74 Å². The van der Waals surface area contributed by atoms with Crippen molar-refractivity contribution in [1.29, 1.82) is 0 Å². The van der Waals surface area contributed by atoms with Gasteiger partial charge < -0.3 is 10.1 Å². The summed E-state index contributed by atoms with van der Waals surface area (Å²) in [5.41, 5.74) is 2.16. The number of amides is 1. The maximum absolute atomic E-state index is 11.8. The lowest BCUT2D eigenvalue weighted by molar-refractivity contribution is -0.148. The third kappa shape index (κ3) is 6.65. The van der Waals surface area contributed by atoms with Gasteiger partial charge in [0.25, 0.3) is 5.91 Å². The van der Waals surface area contributed by atoms with Crippen molar-refractivity contribution in [2.24, 2.45) is 0 Å². The maximum atomic E-state index is 11.8. The highest BCUT2D eigenvalue weighted by molar-refractivity contribution is 7.07. The zero-order valence-corrected chi connectivity index (χ0v) is 14.0. The van der Waals surface area contributed by atoms with Crippen LogP contribution in [0.25, 0.3) is 0 Å². The molecule has 0 saturated heterocycles. The van der Waals surface area contributed by atoms with E-state index in [1.165, 1.54) is 16.9 Å². The first-order chi connectivity index (χ1) is 11.1. The van der Waals surface area contributed by atoms with Gasteiger partial charge in [0, 0.05) is 6.04 Å². The van der Waals surface area contributed by atoms with E-state index < -0.39 is 0 Å². The van der Waals surface area contributed by atoms with Crippen LogP contribution < -0.4 is 5.32 Å². The number of rotatable bonds is 8. The van der Waals surface area contributed by atoms with Gasteiger partial charge in [0.05, 0.1) is 6.42 Å². The number of ether oxygens (including phenoxy) is 1. The summed E-state index contributed by atoms with van der Waals surface area (Å²) in [6.07, 6.45) is 1.96. The topological polar surface area (TPSA) is 55.4 Å². The van der Waals surface area contributed by atoms with Crippen LogP contribution in [0.15, 0.2) is 47.2 Å². The summed E-state index contributed by atoms with van der Waals surface area (Å²) in [4.78, 5) is 23.4. The zero-order chi connectivity index (χ0) is 16.5. The molecule has 1 heterocycles. The SMILES string of the molecule is C[C@@H](CCc1ccccc1)NC(=O)COC(=O)Cc1ccsc1. The fourth-order valence-electron chi connectivity index (χ4n) is 2.17. The number of carbonyl (C=O) groups is 2. The fraction of sp³-hybridized carbons (Fsp3) is 0.333. The van der Waals surface area contributed by atoms with Crippen LogP contribution in [0, 0.1) is 0 Å². The lowest BCUT2D eigenvalue weighted by atomic mass is 10.1. The molecule has 2 rings (SSSR count). The Hall–Kier alpha value is -2.14. The molecule has 0 radical (unpaired) electrons. The Balaban J connectivity index is 1.62. The Morgan fingerprint density at radius 1 is 1.17 bits per heavy atom. The summed E-state index contributed by atoms with van der Waals surface area (Å²) in [6.45, 7) is 1.73. The van der Waals surface area contributed by atoms with E-state index >= 15 is 0 Å². The molecule has 1 amide bonds. The standard InChI is InChI=1S/C18H21NO3S/c1-14(7-8-15-5-3-2-4-6-15)19-17(20)12-22-18(21)11-16-9-10-23-13-16/h2-6,9-10,13-14H,7-8,11-12H2,1H3,(H,19,20)/t14-/m0/s1. The van der Waals surface area contributed by atoms with Gasteiger partial charge in [0.1, 0.15) is 0 Å². The van der Waals surface area contributed by atoms with E-state index in [9.17, 15) is 9.59 Å². The molecular weight excluding hydrogens is 310 g/mol. The van der Waals surface area contributed by atoms with Crippen LogP contribution in [0.1, 0.15) is 24.5 Å². The normalized spacial score (nSPS) is 11.7. The molecule has 0 aliphatic carbocycles. The second-order valence-electron chi connectivity index (χ2n) is 5.46. The van der Waals surface area contributed by atoms with Crippen molar-refractivity contribution < 1.29 is 14.3 Å². The monoisotopic (exact) mass is 331 g/mol. The first kappa shape index (κ1) is 17.2. The first-order valence-electron chi connectivity index (χ1n) is 7.63. The molecule has 0 unspecified atom stereocenters. The zero-order valence-electron chi connectivity index (χ0n) is 13.2. The first-order valence-corrected chi connectivity index (χ1v) is 8.58. The average Bonchev–Trinajstić information content (AvgIpc) is 3.05. The largest absolute Gasteiger partial charge is 0.455 e. The summed E-state index contributed by atoms with van der Waals surface area (Å²) < 4.78 is 4.99. The lowest BCUT2D eigenvalue weighted by Gasteiger charge is -2.14. The molecule has 1 aromatic heterocycles. The number of esters is 1. The van der Waals surface area contributed by atoms with Crippen LogP contribution in [0.2, 0.25) is 0 Å². The Morgan fingerprint density at radius 2 is 1.96 bits per heavy atom. The second kappa shape index (κ2) is 9.10. The molecular formula is C18H21NO3S. The maximum Gasteiger partial charge on any atom is 0.310 e. The molecule has 0 aliphatic heterocycles. The van der Waals surface area contributed by atoms with Gasteiger partial charge >= 0.3 is 5.97 Å². The summed E-state index contributed by atoms with van der Waals surface area (Å²) in [7, 11) is 0. The highest BCUT2D eigenvalue weighted by Gasteiger charge is 2.11. The van der Waals surface area contributed by atoms with Crippen molar-refractivity contribution >= 4 is 23.2 Å². The van der Waals surface area contributed by atoms with Crippen LogP contribution >= 0.6 is 11.3 Å². The summed E-state index contributed by atoms with van der Waals surface area (Å²) in [6, 6.07) is 12.0. The number of thiophene rings is 1. The van der Waals surface area contributed by atoms with Crippen LogP contribution in [0.4, 0.5) is 0 Å². The Labute approximate surface area is 140 Å². The molecule has 2 aromatic rings. The van der Waals surface area contributed by atoms with Gasteiger partial charge in [-0.15, -0.1) is 0 Å². The minimum atomic E-state index is -0.379. The molecule has 1 N–H and O–H groups in total. The second-order valence-corrected chi connectivity index (χ2v) is 6.24. The Morgan fingerprint density at radius 3 is 2.65 bits per heavy atom. The van der Waals surface area contributed by atoms with E-state index in [1.54, 1.807) is 0 Å². The summed E-state index contributed by atoms with van der Waals surface area (Å²) in [5.74, 6) is -0.639. The van der Waals surface area contributed by atoms with Crippen molar-refractivity contribution in [1.82, 2.24) is 5.32 Å². The van der Waals surface area contributed by atoms with Crippen LogP contribution in [-0.4, -0.2) is 24.5 Å². The van der Waals surface area contributed by atoms with Gasteiger partial charge in [-0.1, -0.05) is 30.3 Å². The molecule has 1 aromatic carbocycles. The molecule has 0 bridgehead atoms. The van der Waals surface area contributed by atoms with Gasteiger partial charge in [-0.05, 0) is 47.7 Å². The number of hydrogen-bond donors (Lipinski definition) is 1. The minimum absolute atomic E-state index is 0.0401. The predicted octanol–water partition coefficient (Wildman–Crippen LogP) is 2.97. The Bertz CT molecular complexity index is 610. The molecule has 23 heavy (non-hydrogen) atoms. The van der Waals surface area contributed by atoms with Crippen molar-refractivity contribution in [2.45, 2.75) is 32.2 Å². The van der Waals surface area contributed by atoms with Gasteiger partial charge in [0.15, 0.2) is 6.61 Å². The number of hydrogen-bond acceptors (Lipinski definition) is 4. The lowest BCUT2D eigenvalue weighted by Crippen LogP contribution is -2.36. The quantitative estimate of drug-likeness (QED) is 0.757. The van der Waals surface area contributed by atoms with Crippen molar-refractivity contribution in [3.8, 4) is 0 Å². The van der Waals surface area contributed by atoms with Crippen molar-refractivity contribution in [2.75, 3.05) is 6.61 Å². The average molecular weight is 331 g/mol. The van der Waals surface area contributed by atoms with E-state index in [-0.39, 0.29) is 30.9 Å². The van der Waals surface area contributed by atoms with Gasteiger partial charge in [-0.2, -0.15) is 11.3 Å². The number of benzene rings is 1. The number of carbonyl (C=O) groups excluding carboxylic acids is 2. The minimum Gasteiger partial charge on any atom is -0.455 e. The van der Waals surface area contributed by atoms with E-state index in [1.807, 2.05) is 41.9 Å². The molecule has 4 nitrogen and oxygen atoms in total.